The fourth-order valence-corrected chi connectivity index (χ4v) is 2.70. The molecule has 178 valence electrons. The first kappa shape index (κ1) is 28.1. The lowest BCUT2D eigenvalue weighted by molar-refractivity contribution is -0.140. The summed E-state index contributed by atoms with van der Waals surface area (Å²) in [5.74, 6) is -4.20. The minimum atomic E-state index is -1.46. The molecular weight excluding hydrogens is 412 g/mol. The summed E-state index contributed by atoms with van der Waals surface area (Å²) in [7, 11) is 0. The number of carbonyl (C=O) groups is 5. The number of nitrogens with one attached hydrogen (secondary N) is 3. The summed E-state index contributed by atoms with van der Waals surface area (Å²) in [4.78, 5) is 56.8. The highest BCUT2D eigenvalue weighted by molar-refractivity contribution is 5.86. The van der Waals surface area contributed by atoms with Gasteiger partial charge in [0.15, 0.2) is 0 Å². The van der Waals surface area contributed by atoms with Crippen molar-refractivity contribution in [3.63, 3.8) is 0 Å². The van der Waals surface area contributed by atoms with Crippen molar-refractivity contribution in [2.75, 3.05) is 6.54 Å². The lowest BCUT2D eigenvalue weighted by Crippen LogP contribution is -2.51. The van der Waals surface area contributed by atoms with Crippen LogP contribution >= 0.6 is 0 Å². The van der Waals surface area contributed by atoms with Crippen molar-refractivity contribution in [3.8, 4) is 0 Å². The monoisotopic (exact) mass is 446 g/mol. The summed E-state index contributed by atoms with van der Waals surface area (Å²) in [5.41, 5.74) is 5.80. The zero-order valence-electron chi connectivity index (χ0n) is 17.8. The van der Waals surface area contributed by atoms with Crippen LogP contribution < -0.4 is 21.7 Å². The van der Waals surface area contributed by atoms with Gasteiger partial charge < -0.3 is 37.0 Å². The third kappa shape index (κ3) is 13.9. The van der Waals surface area contributed by atoms with Crippen LogP contribution in [0.3, 0.4) is 0 Å². The number of unbranched alkanes of at least 4 members (excludes halogenated alkanes) is 3. The molecule has 12 nitrogen and oxygen atoms in total. The van der Waals surface area contributed by atoms with Crippen molar-refractivity contribution in [2.24, 2.45) is 5.73 Å². The van der Waals surface area contributed by atoms with Gasteiger partial charge in [-0.2, -0.15) is 0 Å². The Kier molecular flexibility index (Phi) is 14.4. The number of aliphatic carboxylic acids is 3. The van der Waals surface area contributed by atoms with Crippen molar-refractivity contribution in [1.29, 1.82) is 0 Å². The van der Waals surface area contributed by atoms with Gasteiger partial charge in [-0.15, -0.1) is 0 Å². The number of carboxylic acids is 3. The SMILES string of the molecule is CCCCC[C@H](N)C(=O)NCCCC[C@H](NC(=O)N[C@@H](CCC(=O)O)C(=O)O)C(=O)O. The van der Waals surface area contributed by atoms with Gasteiger partial charge in [-0.3, -0.25) is 9.59 Å². The summed E-state index contributed by atoms with van der Waals surface area (Å²) < 4.78 is 0. The molecule has 0 aliphatic carbocycles. The number of carboxylic acid groups (broad SMARTS) is 3. The number of rotatable bonds is 17. The van der Waals surface area contributed by atoms with Gasteiger partial charge in [0.05, 0.1) is 6.04 Å². The van der Waals surface area contributed by atoms with Crippen LogP contribution in [-0.4, -0.2) is 69.8 Å². The fraction of sp³-hybridized carbons (Fsp3) is 0.737. The number of carbonyl (C=O) groups excluding carboxylic acids is 2. The second-order valence-electron chi connectivity index (χ2n) is 7.22. The molecule has 0 saturated heterocycles. The van der Waals surface area contributed by atoms with Gasteiger partial charge >= 0.3 is 23.9 Å². The summed E-state index contributed by atoms with van der Waals surface area (Å²) in [6.45, 7) is 2.37. The first-order valence-corrected chi connectivity index (χ1v) is 10.4. The first-order chi connectivity index (χ1) is 14.6. The van der Waals surface area contributed by atoms with Crippen LogP contribution in [0.4, 0.5) is 4.79 Å². The molecule has 0 aromatic rings. The van der Waals surface area contributed by atoms with Crippen LogP contribution in [0.2, 0.25) is 0 Å². The van der Waals surface area contributed by atoms with E-state index < -0.39 is 48.5 Å². The highest BCUT2D eigenvalue weighted by Gasteiger charge is 2.24. The van der Waals surface area contributed by atoms with E-state index in [1.807, 2.05) is 0 Å². The maximum atomic E-state index is 11.9. The van der Waals surface area contributed by atoms with Crippen molar-refractivity contribution < 1.29 is 39.3 Å². The molecule has 0 rings (SSSR count). The smallest absolute Gasteiger partial charge is 0.326 e. The average molecular weight is 447 g/mol. The molecule has 3 atom stereocenters. The Balaban J connectivity index is 4.32. The van der Waals surface area contributed by atoms with Gasteiger partial charge in [-0.25, -0.2) is 14.4 Å². The number of hydrogen-bond acceptors (Lipinski definition) is 6. The lowest BCUT2D eigenvalue weighted by Gasteiger charge is -2.18. The van der Waals surface area contributed by atoms with Crippen LogP contribution in [0.1, 0.15) is 64.7 Å². The van der Waals surface area contributed by atoms with E-state index in [-0.39, 0.29) is 18.7 Å². The molecule has 0 spiro atoms. The van der Waals surface area contributed by atoms with E-state index in [4.69, 9.17) is 15.9 Å². The third-order valence-electron chi connectivity index (χ3n) is 4.53. The minimum Gasteiger partial charge on any atom is -0.481 e. The van der Waals surface area contributed by atoms with Crippen molar-refractivity contribution in [1.82, 2.24) is 16.0 Å². The molecule has 0 aliphatic heterocycles. The molecule has 0 radical (unpaired) electrons. The molecule has 0 aromatic carbocycles. The van der Waals surface area contributed by atoms with Gasteiger partial charge in [-0.1, -0.05) is 26.2 Å². The molecule has 0 fully saturated rings. The van der Waals surface area contributed by atoms with Crippen LogP contribution in [0.25, 0.3) is 0 Å². The zero-order chi connectivity index (χ0) is 23.8. The lowest BCUT2D eigenvalue weighted by atomic mass is 10.1. The minimum absolute atomic E-state index is 0.0635. The molecule has 0 saturated carbocycles. The van der Waals surface area contributed by atoms with Crippen molar-refractivity contribution in [2.45, 2.75) is 82.8 Å². The Morgan fingerprint density at radius 3 is 1.87 bits per heavy atom. The van der Waals surface area contributed by atoms with E-state index in [1.165, 1.54) is 0 Å². The number of nitrogens with two attached hydrogens (primary N) is 1. The normalized spacial score (nSPS) is 13.5. The summed E-state index contributed by atoms with van der Waals surface area (Å²) in [6.07, 6.45) is 3.62. The first-order valence-electron chi connectivity index (χ1n) is 10.4. The molecule has 3 amide bonds. The van der Waals surface area contributed by atoms with Gasteiger partial charge in [0.2, 0.25) is 5.91 Å². The molecule has 0 aromatic heterocycles. The second-order valence-corrected chi connectivity index (χ2v) is 7.22. The standard InChI is InChI=1S/C19H34N4O8/c1-2-3-4-7-12(20)16(26)21-11-6-5-8-13(17(27)28)22-19(31)23-14(18(29)30)9-10-15(24)25/h12-14H,2-11,20H2,1H3,(H,21,26)(H,24,25)(H,27,28)(H,29,30)(H2,22,23,31)/t12-,13-,14-/m0/s1. The van der Waals surface area contributed by atoms with E-state index in [9.17, 15) is 29.1 Å². The Morgan fingerprint density at radius 2 is 1.35 bits per heavy atom. The molecule has 0 aliphatic rings. The van der Waals surface area contributed by atoms with Gasteiger partial charge in [-0.05, 0) is 32.1 Å². The Hall–Kier alpha value is -2.89. The van der Waals surface area contributed by atoms with Crippen LogP contribution in [-0.2, 0) is 19.2 Å². The van der Waals surface area contributed by atoms with E-state index in [0.717, 1.165) is 19.3 Å². The van der Waals surface area contributed by atoms with E-state index in [2.05, 4.69) is 22.9 Å². The maximum absolute atomic E-state index is 11.9. The zero-order valence-corrected chi connectivity index (χ0v) is 17.8. The molecular formula is C19H34N4O8. The van der Waals surface area contributed by atoms with Crippen LogP contribution in [0.15, 0.2) is 0 Å². The highest BCUT2D eigenvalue weighted by Crippen LogP contribution is 2.04. The Labute approximate surface area is 180 Å². The second kappa shape index (κ2) is 15.9. The Morgan fingerprint density at radius 1 is 0.806 bits per heavy atom. The molecule has 0 bridgehead atoms. The topological polar surface area (TPSA) is 208 Å². The van der Waals surface area contributed by atoms with Gasteiger partial charge in [0, 0.05) is 13.0 Å². The Bertz CT molecular complexity index is 614. The number of hydrogen-bond donors (Lipinski definition) is 7. The van der Waals surface area contributed by atoms with Crippen molar-refractivity contribution >= 4 is 29.8 Å². The summed E-state index contributed by atoms with van der Waals surface area (Å²) in [6, 6.07) is -4.31. The molecule has 0 heterocycles. The third-order valence-corrected chi connectivity index (χ3v) is 4.53. The predicted octanol–water partition coefficient (Wildman–Crippen LogP) is 0.251. The summed E-state index contributed by atoms with van der Waals surface area (Å²) in [5, 5.41) is 33.8. The molecule has 8 N–H and O–H groups in total. The molecule has 0 unspecified atom stereocenters. The van der Waals surface area contributed by atoms with Gasteiger partial charge in [0.25, 0.3) is 0 Å². The predicted molar refractivity (Wildman–Crippen MR) is 110 cm³/mol. The van der Waals surface area contributed by atoms with E-state index in [0.29, 0.717) is 25.8 Å². The quantitative estimate of drug-likeness (QED) is 0.152. The molecule has 31 heavy (non-hydrogen) atoms. The van der Waals surface area contributed by atoms with Crippen molar-refractivity contribution in [3.05, 3.63) is 0 Å². The largest absolute Gasteiger partial charge is 0.481 e. The highest BCUT2D eigenvalue weighted by atomic mass is 16.4. The van der Waals surface area contributed by atoms with Gasteiger partial charge in [0.1, 0.15) is 12.1 Å². The maximum Gasteiger partial charge on any atom is 0.326 e. The van der Waals surface area contributed by atoms with E-state index >= 15 is 0 Å². The van der Waals surface area contributed by atoms with Crippen LogP contribution in [0.5, 0.6) is 0 Å². The molecule has 12 heteroatoms. The van der Waals surface area contributed by atoms with E-state index in [1.54, 1.807) is 0 Å². The summed E-state index contributed by atoms with van der Waals surface area (Å²) >= 11 is 0. The average Bonchev–Trinajstić information content (AvgIpc) is 2.69. The number of amides is 3. The fourth-order valence-electron chi connectivity index (χ4n) is 2.70. The number of urea groups is 1. The van der Waals surface area contributed by atoms with Crippen LogP contribution in [0, 0.1) is 0 Å².